The molecule has 1 aromatic carbocycles. The Hall–Kier alpha value is -1.81. The number of benzene rings is 1. The van der Waals surface area contributed by atoms with E-state index >= 15 is 0 Å². The standard InChI is InChI=1S/C21H28N2OS/c1-5-14(2)10-20(24)22-21-15(3)11-18(12-16(21)4)23-8-6-19-17(13-23)7-9-25-19/h7,9,11-12,14H,5-6,8,10,13H2,1-4H3,(H,22,24). The summed E-state index contributed by atoms with van der Waals surface area (Å²) < 4.78 is 0. The average molecular weight is 357 g/mol. The Morgan fingerprint density at radius 2 is 2.04 bits per heavy atom. The van der Waals surface area contributed by atoms with E-state index in [2.05, 4.69) is 61.5 Å². The summed E-state index contributed by atoms with van der Waals surface area (Å²) in [5.74, 6) is 0.544. The molecule has 1 aromatic heterocycles. The predicted molar refractivity (Wildman–Crippen MR) is 108 cm³/mol. The Balaban J connectivity index is 1.75. The van der Waals surface area contributed by atoms with Crippen LogP contribution in [0.4, 0.5) is 11.4 Å². The summed E-state index contributed by atoms with van der Waals surface area (Å²) in [7, 11) is 0. The van der Waals surface area contributed by atoms with Crippen molar-refractivity contribution in [2.24, 2.45) is 5.92 Å². The number of amides is 1. The molecule has 3 nitrogen and oxygen atoms in total. The molecule has 3 rings (SSSR count). The molecular weight excluding hydrogens is 328 g/mol. The number of thiophene rings is 1. The first-order valence-corrected chi connectivity index (χ1v) is 10.1. The SMILES string of the molecule is CCC(C)CC(=O)Nc1c(C)cc(N2CCc3sccc3C2)cc1C. The Morgan fingerprint density at radius 1 is 1.32 bits per heavy atom. The zero-order valence-electron chi connectivity index (χ0n) is 15.7. The molecule has 0 aliphatic carbocycles. The quantitative estimate of drug-likeness (QED) is 0.788. The van der Waals surface area contributed by atoms with Crippen molar-refractivity contribution >= 4 is 28.6 Å². The van der Waals surface area contributed by atoms with Crippen LogP contribution in [0.3, 0.4) is 0 Å². The van der Waals surface area contributed by atoms with Crippen molar-refractivity contribution in [1.29, 1.82) is 0 Å². The van der Waals surface area contributed by atoms with Gasteiger partial charge in [0.2, 0.25) is 5.91 Å². The fourth-order valence-corrected chi connectivity index (χ4v) is 4.33. The van der Waals surface area contributed by atoms with Crippen molar-refractivity contribution in [3.05, 3.63) is 45.1 Å². The van der Waals surface area contributed by atoms with Gasteiger partial charge in [0.05, 0.1) is 0 Å². The minimum Gasteiger partial charge on any atom is -0.367 e. The third-order valence-electron chi connectivity index (χ3n) is 5.19. The van der Waals surface area contributed by atoms with Gasteiger partial charge in [-0.1, -0.05) is 20.3 Å². The summed E-state index contributed by atoms with van der Waals surface area (Å²) in [5, 5.41) is 5.32. The molecule has 2 heterocycles. The number of rotatable bonds is 5. The fourth-order valence-electron chi connectivity index (χ4n) is 3.44. The Kier molecular flexibility index (Phi) is 5.48. The first-order chi connectivity index (χ1) is 12.0. The van der Waals surface area contributed by atoms with Gasteiger partial charge >= 0.3 is 0 Å². The first kappa shape index (κ1) is 18.0. The number of hydrogen-bond acceptors (Lipinski definition) is 3. The van der Waals surface area contributed by atoms with Crippen LogP contribution in [0.25, 0.3) is 0 Å². The molecule has 4 heteroatoms. The van der Waals surface area contributed by atoms with Crippen LogP contribution in [-0.4, -0.2) is 12.5 Å². The number of nitrogens with zero attached hydrogens (tertiary/aromatic N) is 1. The van der Waals surface area contributed by atoms with Crippen molar-refractivity contribution in [2.75, 3.05) is 16.8 Å². The van der Waals surface area contributed by atoms with Crippen LogP contribution < -0.4 is 10.2 Å². The highest BCUT2D eigenvalue weighted by Gasteiger charge is 2.19. The molecule has 2 aromatic rings. The highest BCUT2D eigenvalue weighted by molar-refractivity contribution is 7.10. The van der Waals surface area contributed by atoms with E-state index in [1.54, 1.807) is 0 Å². The topological polar surface area (TPSA) is 32.3 Å². The van der Waals surface area contributed by atoms with Gasteiger partial charge < -0.3 is 10.2 Å². The van der Waals surface area contributed by atoms with Crippen LogP contribution in [0.5, 0.6) is 0 Å². The van der Waals surface area contributed by atoms with E-state index < -0.39 is 0 Å². The van der Waals surface area contributed by atoms with E-state index in [1.165, 1.54) is 16.1 Å². The largest absolute Gasteiger partial charge is 0.367 e. The normalized spacial score (nSPS) is 15.0. The average Bonchev–Trinajstić information content (AvgIpc) is 3.05. The zero-order chi connectivity index (χ0) is 18.0. The molecule has 0 bridgehead atoms. The highest BCUT2D eigenvalue weighted by Crippen LogP contribution is 2.32. The third kappa shape index (κ3) is 4.06. The van der Waals surface area contributed by atoms with Gasteiger partial charge in [-0.05, 0) is 66.5 Å². The van der Waals surface area contributed by atoms with Crippen LogP contribution in [0.15, 0.2) is 23.6 Å². The van der Waals surface area contributed by atoms with Crippen LogP contribution in [-0.2, 0) is 17.8 Å². The van der Waals surface area contributed by atoms with Crippen LogP contribution >= 0.6 is 11.3 Å². The van der Waals surface area contributed by atoms with Gasteiger partial charge in [-0.15, -0.1) is 11.3 Å². The van der Waals surface area contributed by atoms with E-state index in [0.717, 1.165) is 42.7 Å². The Morgan fingerprint density at radius 3 is 2.72 bits per heavy atom. The molecular formula is C21H28N2OS. The zero-order valence-corrected chi connectivity index (χ0v) is 16.5. The van der Waals surface area contributed by atoms with Crippen LogP contribution in [0.1, 0.15) is 48.3 Å². The lowest BCUT2D eigenvalue weighted by molar-refractivity contribution is -0.117. The molecule has 0 saturated carbocycles. The second kappa shape index (κ2) is 7.61. The van der Waals surface area contributed by atoms with Gasteiger partial charge in [-0.25, -0.2) is 0 Å². The number of aryl methyl sites for hydroxylation is 2. The molecule has 0 radical (unpaired) electrons. The lowest BCUT2D eigenvalue weighted by atomic mass is 10.0. The molecule has 1 aliphatic rings. The molecule has 0 fully saturated rings. The Bertz CT molecular complexity index is 742. The summed E-state index contributed by atoms with van der Waals surface area (Å²) in [6.07, 6.45) is 2.74. The molecule has 134 valence electrons. The van der Waals surface area contributed by atoms with Gasteiger partial charge in [-0.3, -0.25) is 4.79 Å². The molecule has 1 unspecified atom stereocenters. The van der Waals surface area contributed by atoms with E-state index in [1.807, 2.05) is 11.3 Å². The van der Waals surface area contributed by atoms with Gasteiger partial charge in [0.15, 0.2) is 0 Å². The number of anilines is 2. The van der Waals surface area contributed by atoms with Crippen LogP contribution in [0.2, 0.25) is 0 Å². The molecule has 1 aliphatic heterocycles. The maximum atomic E-state index is 12.3. The van der Waals surface area contributed by atoms with E-state index in [4.69, 9.17) is 0 Å². The number of hydrogen-bond donors (Lipinski definition) is 1. The fraction of sp³-hybridized carbons (Fsp3) is 0.476. The predicted octanol–water partition coefficient (Wildman–Crippen LogP) is 5.30. The van der Waals surface area contributed by atoms with Crippen molar-refractivity contribution < 1.29 is 4.79 Å². The second-order valence-corrected chi connectivity index (χ2v) is 8.26. The second-order valence-electron chi connectivity index (χ2n) is 7.26. The van der Waals surface area contributed by atoms with Gasteiger partial charge in [-0.2, -0.15) is 0 Å². The van der Waals surface area contributed by atoms with Crippen LogP contribution in [0, 0.1) is 19.8 Å². The van der Waals surface area contributed by atoms with Crippen molar-refractivity contribution in [2.45, 2.75) is 53.5 Å². The summed E-state index contributed by atoms with van der Waals surface area (Å²) in [5.41, 5.74) is 5.97. The van der Waals surface area contributed by atoms with E-state index in [-0.39, 0.29) is 5.91 Å². The summed E-state index contributed by atoms with van der Waals surface area (Å²) >= 11 is 1.87. The number of fused-ring (bicyclic) bond motifs is 1. The van der Waals surface area contributed by atoms with Gasteiger partial charge in [0.25, 0.3) is 0 Å². The van der Waals surface area contributed by atoms with Gasteiger partial charge in [0, 0.05) is 35.8 Å². The highest BCUT2D eigenvalue weighted by atomic mass is 32.1. The molecule has 1 amide bonds. The molecule has 0 spiro atoms. The number of carbonyl (C=O) groups excluding carboxylic acids is 1. The van der Waals surface area contributed by atoms with E-state index in [9.17, 15) is 4.79 Å². The molecule has 0 saturated heterocycles. The number of carbonyl (C=O) groups is 1. The lowest BCUT2D eigenvalue weighted by Gasteiger charge is -2.30. The van der Waals surface area contributed by atoms with Crippen molar-refractivity contribution in [3.63, 3.8) is 0 Å². The Labute approximate surface area is 155 Å². The minimum absolute atomic E-state index is 0.120. The maximum absolute atomic E-state index is 12.3. The van der Waals surface area contributed by atoms with E-state index in [0.29, 0.717) is 12.3 Å². The summed E-state index contributed by atoms with van der Waals surface area (Å²) in [6, 6.07) is 6.67. The van der Waals surface area contributed by atoms with Gasteiger partial charge in [0.1, 0.15) is 0 Å². The third-order valence-corrected chi connectivity index (χ3v) is 6.21. The monoisotopic (exact) mass is 356 g/mol. The summed E-state index contributed by atoms with van der Waals surface area (Å²) in [4.78, 5) is 16.2. The maximum Gasteiger partial charge on any atom is 0.224 e. The summed E-state index contributed by atoms with van der Waals surface area (Å²) in [6.45, 7) is 10.5. The van der Waals surface area contributed by atoms with Crippen molar-refractivity contribution in [3.8, 4) is 0 Å². The molecule has 1 N–H and O–H groups in total. The number of nitrogens with one attached hydrogen (secondary N) is 1. The van der Waals surface area contributed by atoms with Crippen molar-refractivity contribution in [1.82, 2.24) is 0 Å². The molecule has 1 atom stereocenters. The smallest absolute Gasteiger partial charge is 0.224 e. The first-order valence-electron chi connectivity index (χ1n) is 9.19. The lowest BCUT2D eigenvalue weighted by Crippen LogP contribution is -2.29. The molecule has 25 heavy (non-hydrogen) atoms. The minimum atomic E-state index is 0.120.